The zero-order chi connectivity index (χ0) is 13.9. The molecule has 0 radical (unpaired) electrons. The Labute approximate surface area is 120 Å². The lowest BCUT2D eigenvalue weighted by Crippen LogP contribution is -2.08. The second kappa shape index (κ2) is 10.2. The maximum atomic E-state index is 5.57. The molecule has 0 aromatic carbocycles. The van der Waals surface area contributed by atoms with Gasteiger partial charge in [0.2, 0.25) is 0 Å². The van der Waals surface area contributed by atoms with E-state index >= 15 is 0 Å². The molecule has 1 N–H and O–H groups in total. The van der Waals surface area contributed by atoms with Crippen LogP contribution in [0.3, 0.4) is 0 Å². The fourth-order valence-corrected chi connectivity index (χ4v) is 1.97. The van der Waals surface area contributed by atoms with Crippen LogP contribution in [0.5, 0.6) is 0 Å². The van der Waals surface area contributed by atoms with E-state index in [0.717, 1.165) is 44.8 Å². The summed E-state index contributed by atoms with van der Waals surface area (Å²) in [4.78, 5) is 8.73. The van der Waals surface area contributed by atoms with E-state index in [0.29, 0.717) is 5.92 Å². The lowest BCUT2D eigenvalue weighted by Gasteiger charge is -2.06. The quantitative estimate of drug-likeness (QED) is 0.528. The number of nitrogens with one attached hydrogen (secondary N) is 1. The van der Waals surface area contributed by atoms with E-state index in [4.69, 9.17) is 4.74 Å². The number of aryl methyl sites for hydroxylation is 1. The van der Waals surface area contributed by atoms with E-state index < -0.39 is 0 Å². The molecule has 0 spiro atoms. The van der Waals surface area contributed by atoms with Gasteiger partial charge in [-0.05, 0) is 31.1 Å². The van der Waals surface area contributed by atoms with E-state index in [-0.39, 0.29) is 0 Å². The lowest BCUT2D eigenvalue weighted by molar-refractivity contribution is 0.130. The van der Waals surface area contributed by atoms with Crippen LogP contribution in [0.15, 0.2) is 12.4 Å². The summed E-state index contributed by atoms with van der Waals surface area (Å²) in [6.45, 7) is 6.86. The van der Waals surface area contributed by atoms with Crippen molar-refractivity contribution in [3.8, 4) is 0 Å². The number of hydrogen-bond donors (Lipinski definition) is 1. The van der Waals surface area contributed by atoms with Crippen LogP contribution < -0.4 is 4.72 Å². The first kappa shape index (κ1) is 16.4. The number of ether oxygens (including phenoxy) is 1. The minimum atomic E-state index is 0.396. The number of aromatic nitrogens is 2. The third-order valence-corrected chi connectivity index (χ3v) is 3.20. The van der Waals surface area contributed by atoms with Crippen molar-refractivity contribution in [1.82, 2.24) is 14.7 Å². The smallest absolute Gasteiger partial charge is 0.130 e. The Morgan fingerprint density at radius 3 is 2.53 bits per heavy atom. The van der Waals surface area contributed by atoms with Crippen molar-refractivity contribution < 1.29 is 4.74 Å². The molecule has 4 nitrogen and oxygen atoms in total. The summed E-state index contributed by atoms with van der Waals surface area (Å²) in [5.41, 5.74) is 1.19. The molecule has 19 heavy (non-hydrogen) atoms. The van der Waals surface area contributed by atoms with Crippen molar-refractivity contribution in [3.63, 3.8) is 0 Å². The highest BCUT2D eigenvalue weighted by molar-refractivity contribution is 7.96. The van der Waals surface area contributed by atoms with E-state index in [2.05, 4.69) is 28.5 Å². The van der Waals surface area contributed by atoms with Gasteiger partial charge in [0, 0.05) is 38.1 Å². The maximum Gasteiger partial charge on any atom is 0.130 e. The van der Waals surface area contributed by atoms with Crippen LogP contribution >= 0.6 is 11.9 Å². The van der Waals surface area contributed by atoms with Gasteiger partial charge in [-0.3, -0.25) is 4.72 Å². The Hall–Kier alpha value is -0.650. The van der Waals surface area contributed by atoms with Gasteiger partial charge in [0.25, 0.3) is 0 Å². The number of nitrogens with zero attached hydrogens (tertiary/aromatic N) is 2. The van der Waals surface area contributed by atoms with Crippen molar-refractivity contribution >= 4 is 11.9 Å². The summed E-state index contributed by atoms with van der Waals surface area (Å²) in [5.74, 6) is 1.31. The van der Waals surface area contributed by atoms with E-state index in [1.165, 1.54) is 5.56 Å². The van der Waals surface area contributed by atoms with Crippen LogP contribution in [-0.2, 0) is 11.2 Å². The Morgan fingerprint density at radius 2 is 1.89 bits per heavy atom. The van der Waals surface area contributed by atoms with Gasteiger partial charge in [0.1, 0.15) is 5.82 Å². The molecule has 1 aromatic rings. The highest BCUT2D eigenvalue weighted by atomic mass is 32.2. The van der Waals surface area contributed by atoms with E-state index in [9.17, 15) is 0 Å². The monoisotopic (exact) mass is 283 g/mol. The van der Waals surface area contributed by atoms with Crippen molar-refractivity contribution in [2.24, 2.45) is 0 Å². The molecule has 0 unspecified atom stereocenters. The second-order valence-electron chi connectivity index (χ2n) is 4.77. The minimum absolute atomic E-state index is 0.396. The van der Waals surface area contributed by atoms with Gasteiger partial charge in [-0.25, -0.2) is 9.97 Å². The van der Waals surface area contributed by atoms with Crippen molar-refractivity contribution in [2.45, 2.75) is 39.0 Å². The summed E-state index contributed by atoms with van der Waals surface area (Å²) in [6, 6.07) is 0. The molecule has 0 saturated heterocycles. The van der Waals surface area contributed by atoms with Gasteiger partial charge in [-0.15, -0.1) is 0 Å². The molecule has 0 saturated carbocycles. The topological polar surface area (TPSA) is 47.0 Å². The van der Waals surface area contributed by atoms with E-state index in [1.54, 1.807) is 11.9 Å². The van der Waals surface area contributed by atoms with E-state index in [1.807, 2.05) is 18.6 Å². The molecule has 0 aliphatic rings. The Morgan fingerprint density at radius 1 is 1.21 bits per heavy atom. The molecular weight excluding hydrogens is 258 g/mol. The molecule has 0 aliphatic carbocycles. The second-order valence-corrected chi connectivity index (χ2v) is 5.47. The van der Waals surface area contributed by atoms with Crippen LogP contribution in [0.2, 0.25) is 0 Å². The van der Waals surface area contributed by atoms with Crippen LogP contribution in [0.25, 0.3) is 0 Å². The Kier molecular flexibility index (Phi) is 8.79. The van der Waals surface area contributed by atoms with Crippen molar-refractivity contribution in [2.75, 3.05) is 26.0 Å². The highest BCUT2D eigenvalue weighted by Gasteiger charge is 2.02. The molecule has 1 aromatic heterocycles. The molecule has 108 valence electrons. The Balaban J connectivity index is 2.06. The standard InChI is InChI=1S/C14H25N3OS/c1-12(2)14-15-10-13(11-16-14)6-4-8-18-9-5-7-17-19-3/h10-12,17H,4-9H2,1-3H3. The highest BCUT2D eigenvalue weighted by Crippen LogP contribution is 2.08. The molecule has 0 aliphatic heterocycles. The van der Waals surface area contributed by atoms with Crippen LogP contribution in [0.1, 0.15) is 44.0 Å². The molecule has 0 atom stereocenters. The van der Waals surface area contributed by atoms with Crippen molar-refractivity contribution in [1.29, 1.82) is 0 Å². The predicted octanol–water partition coefficient (Wildman–Crippen LogP) is 2.81. The van der Waals surface area contributed by atoms with Crippen LogP contribution in [0, 0.1) is 0 Å². The molecule has 0 fully saturated rings. The van der Waals surface area contributed by atoms with Crippen molar-refractivity contribution in [3.05, 3.63) is 23.8 Å². The molecule has 0 amide bonds. The van der Waals surface area contributed by atoms with Gasteiger partial charge in [-0.1, -0.05) is 25.8 Å². The third-order valence-electron chi connectivity index (χ3n) is 2.71. The summed E-state index contributed by atoms with van der Waals surface area (Å²) in [6.07, 6.45) is 8.98. The van der Waals surface area contributed by atoms with Gasteiger partial charge in [0.05, 0.1) is 0 Å². The summed E-state index contributed by atoms with van der Waals surface area (Å²) < 4.78 is 8.77. The lowest BCUT2D eigenvalue weighted by atomic mass is 10.2. The summed E-state index contributed by atoms with van der Waals surface area (Å²) >= 11 is 1.65. The van der Waals surface area contributed by atoms with Gasteiger partial charge in [0.15, 0.2) is 0 Å². The SMILES string of the molecule is CSNCCCOCCCc1cnc(C(C)C)nc1. The fraction of sp³-hybridized carbons (Fsp3) is 0.714. The summed E-state index contributed by atoms with van der Waals surface area (Å²) in [5, 5.41) is 0. The number of rotatable bonds is 10. The average Bonchev–Trinajstić information content (AvgIpc) is 2.42. The molecule has 1 rings (SSSR count). The molecule has 0 bridgehead atoms. The minimum Gasteiger partial charge on any atom is -0.381 e. The normalized spacial score (nSPS) is 11.2. The zero-order valence-electron chi connectivity index (χ0n) is 12.2. The number of hydrogen-bond acceptors (Lipinski definition) is 5. The first-order valence-electron chi connectivity index (χ1n) is 6.88. The first-order valence-corrected chi connectivity index (χ1v) is 8.11. The van der Waals surface area contributed by atoms with Crippen LogP contribution in [-0.4, -0.2) is 36.0 Å². The maximum absolute atomic E-state index is 5.57. The molecule has 1 heterocycles. The van der Waals surface area contributed by atoms with Gasteiger partial charge < -0.3 is 4.74 Å². The third kappa shape index (κ3) is 7.50. The fourth-order valence-electron chi connectivity index (χ4n) is 1.62. The first-order chi connectivity index (χ1) is 9.24. The van der Waals surface area contributed by atoms with Gasteiger partial charge in [-0.2, -0.15) is 0 Å². The molecule has 5 heteroatoms. The average molecular weight is 283 g/mol. The zero-order valence-corrected chi connectivity index (χ0v) is 13.0. The molecular formula is C14H25N3OS. The van der Waals surface area contributed by atoms with Gasteiger partial charge >= 0.3 is 0 Å². The Bertz CT molecular complexity index is 330. The summed E-state index contributed by atoms with van der Waals surface area (Å²) in [7, 11) is 0. The largest absolute Gasteiger partial charge is 0.381 e. The van der Waals surface area contributed by atoms with Crippen LogP contribution in [0.4, 0.5) is 0 Å². The predicted molar refractivity (Wildman–Crippen MR) is 81.4 cm³/mol.